The van der Waals surface area contributed by atoms with Crippen LogP contribution in [0, 0.1) is 11.6 Å². The lowest BCUT2D eigenvalue weighted by molar-refractivity contribution is -0.121. The maximum absolute atomic E-state index is 14.6. The number of nitrogens with one attached hydrogen (secondary N) is 1. The van der Waals surface area contributed by atoms with Gasteiger partial charge < -0.3 is 15.0 Å². The number of benzene rings is 2. The van der Waals surface area contributed by atoms with Gasteiger partial charge in [-0.05, 0) is 24.5 Å². The van der Waals surface area contributed by atoms with Crippen molar-refractivity contribution in [3.63, 3.8) is 0 Å². The predicted octanol–water partition coefficient (Wildman–Crippen LogP) is 3.88. The fourth-order valence-electron chi connectivity index (χ4n) is 4.74. The summed E-state index contributed by atoms with van der Waals surface area (Å²) < 4.78 is 34.0. The van der Waals surface area contributed by atoms with Gasteiger partial charge in [-0.1, -0.05) is 31.5 Å². The topological polar surface area (TPSA) is 58.6 Å². The minimum atomic E-state index is -0.973. The third-order valence-corrected chi connectivity index (χ3v) is 6.04. The van der Waals surface area contributed by atoms with Gasteiger partial charge in [0.25, 0.3) is 5.91 Å². The highest BCUT2D eigenvalue weighted by molar-refractivity contribution is 6.08. The maximum atomic E-state index is 14.6. The van der Waals surface area contributed by atoms with Crippen LogP contribution in [0.25, 0.3) is 0 Å². The summed E-state index contributed by atoms with van der Waals surface area (Å²) in [5, 5.41) is 2.91. The summed E-state index contributed by atoms with van der Waals surface area (Å²) in [6.07, 6.45) is 1.68. The molecule has 1 saturated heterocycles. The highest BCUT2D eigenvalue weighted by Crippen LogP contribution is 2.49. The molecule has 0 aliphatic carbocycles. The van der Waals surface area contributed by atoms with Gasteiger partial charge in [-0.15, -0.1) is 0 Å². The number of carbonyl (C=O) groups excluding carboxylic acids is 2. The molecule has 0 radical (unpaired) electrons. The zero-order chi connectivity index (χ0) is 20.8. The highest BCUT2D eigenvalue weighted by Gasteiger charge is 2.58. The molecular formula is C22H22F2N2O3. The first-order chi connectivity index (χ1) is 13.9. The number of amides is 2. The van der Waals surface area contributed by atoms with Gasteiger partial charge in [-0.2, -0.15) is 0 Å². The molecule has 152 valence electrons. The molecule has 0 bridgehead atoms. The van der Waals surface area contributed by atoms with E-state index in [0.29, 0.717) is 12.8 Å². The zero-order valence-corrected chi connectivity index (χ0v) is 16.3. The van der Waals surface area contributed by atoms with Gasteiger partial charge in [0.05, 0.1) is 18.6 Å². The van der Waals surface area contributed by atoms with E-state index in [1.165, 1.54) is 12.0 Å². The summed E-state index contributed by atoms with van der Waals surface area (Å²) >= 11 is 0. The number of carbonyl (C=O) groups is 2. The van der Waals surface area contributed by atoms with Gasteiger partial charge in [0.15, 0.2) is 0 Å². The summed E-state index contributed by atoms with van der Waals surface area (Å²) in [5.41, 5.74) is 0.0570. The molecule has 2 heterocycles. The van der Waals surface area contributed by atoms with Crippen molar-refractivity contribution in [1.29, 1.82) is 0 Å². The van der Waals surface area contributed by atoms with E-state index < -0.39 is 34.6 Å². The van der Waals surface area contributed by atoms with E-state index in [1.807, 2.05) is 31.2 Å². The molecule has 1 N–H and O–H groups in total. The van der Waals surface area contributed by atoms with Crippen molar-refractivity contribution in [2.75, 3.05) is 19.0 Å². The summed E-state index contributed by atoms with van der Waals surface area (Å²) in [6.45, 7) is 2.21. The van der Waals surface area contributed by atoms with Crippen LogP contribution in [-0.4, -0.2) is 36.4 Å². The summed E-state index contributed by atoms with van der Waals surface area (Å²) in [5.74, 6) is -2.85. The number of hydrogen-bond acceptors (Lipinski definition) is 3. The smallest absolute Gasteiger partial charge is 0.260 e. The summed E-state index contributed by atoms with van der Waals surface area (Å²) in [7, 11) is 1.30. The Bertz CT molecular complexity index is 971. The summed E-state index contributed by atoms with van der Waals surface area (Å²) in [4.78, 5) is 27.7. The first-order valence-corrected chi connectivity index (χ1v) is 9.69. The molecule has 29 heavy (non-hydrogen) atoms. The lowest BCUT2D eigenvalue weighted by Crippen LogP contribution is -2.49. The van der Waals surface area contributed by atoms with E-state index in [-0.39, 0.29) is 18.2 Å². The Balaban J connectivity index is 1.77. The van der Waals surface area contributed by atoms with Crippen molar-refractivity contribution in [2.45, 2.75) is 37.6 Å². The fraction of sp³-hybridized carbons (Fsp3) is 0.364. The fourth-order valence-corrected chi connectivity index (χ4v) is 4.74. The number of fused-ring (bicyclic) bond motifs is 2. The van der Waals surface area contributed by atoms with Gasteiger partial charge in [-0.3, -0.25) is 9.59 Å². The number of ether oxygens (including phenoxy) is 1. The molecule has 0 saturated carbocycles. The Hall–Kier alpha value is -2.96. The van der Waals surface area contributed by atoms with Gasteiger partial charge in [0.2, 0.25) is 5.91 Å². The number of hydrogen-bond donors (Lipinski definition) is 1. The number of anilines is 1. The molecule has 1 spiro atoms. The van der Waals surface area contributed by atoms with E-state index in [9.17, 15) is 18.4 Å². The zero-order valence-electron chi connectivity index (χ0n) is 16.3. The van der Waals surface area contributed by atoms with E-state index in [4.69, 9.17) is 4.74 Å². The van der Waals surface area contributed by atoms with E-state index >= 15 is 0 Å². The second-order valence-electron chi connectivity index (χ2n) is 7.49. The average molecular weight is 400 g/mol. The van der Waals surface area contributed by atoms with Crippen LogP contribution in [0.2, 0.25) is 0 Å². The first-order valence-electron chi connectivity index (χ1n) is 9.69. The number of para-hydroxylation sites is 1. The third kappa shape index (κ3) is 2.79. The molecule has 5 nitrogen and oxygen atoms in total. The van der Waals surface area contributed by atoms with Crippen LogP contribution in [0.15, 0.2) is 36.4 Å². The minimum absolute atomic E-state index is 0.00338. The van der Waals surface area contributed by atoms with Crippen molar-refractivity contribution in [3.8, 4) is 5.75 Å². The highest BCUT2D eigenvalue weighted by atomic mass is 19.1. The number of methoxy groups -OCH3 is 1. The SMILES string of the molecule is CCC[C@@H]1N(C(=O)c2c(F)cc(OC)cc2F)CC[C@@]12C(=O)Nc1ccccc12. The molecule has 0 aromatic heterocycles. The van der Waals surface area contributed by atoms with Crippen LogP contribution in [0.1, 0.15) is 42.1 Å². The largest absolute Gasteiger partial charge is 0.497 e. The standard InChI is InChI=1S/C22H22F2N2O3/c1-3-6-18-22(14-7-4-5-8-17(14)25-21(22)28)9-10-26(18)20(27)19-15(23)11-13(29-2)12-16(19)24/h4-5,7-8,11-12,18H,3,6,9-10H2,1-2H3,(H,25,28)/t18-,22-/m0/s1. The van der Waals surface area contributed by atoms with E-state index in [0.717, 1.165) is 29.8 Å². The minimum Gasteiger partial charge on any atom is -0.497 e. The Labute approximate surface area is 167 Å². The normalized spacial score (nSPS) is 22.7. The number of nitrogens with zero attached hydrogens (tertiary/aromatic N) is 1. The van der Waals surface area contributed by atoms with Crippen LogP contribution in [0.3, 0.4) is 0 Å². The average Bonchev–Trinajstić information content (AvgIpc) is 3.21. The molecule has 4 rings (SSSR count). The molecule has 2 aliphatic heterocycles. The van der Waals surface area contributed by atoms with Crippen molar-refractivity contribution < 1.29 is 23.1 Å². The third-order valence-electron chi connectivity index (χ3n) is 6.04. The van der Waals surface area contributed by atoms with Crippen molar-refractivity contribution in [1.82, 2.24) is 4.90 Å². The monoisotopic (exact) mass is 400 g/mol. The van der Waals surface area contributed by atoms with Crippen LogP contribution in [0.4, 0.5) is 14.5 Å². The van der Waals surface area contributed by atoms with Crippen LogP contribution in [0.5, 0.6) is 5.75 Å². The van der Waals surface area contributed by atoms with Gasteiger partial charge >= 0.3 is 0 Å². The molecule has 2 aromatic rings. The summed E-state index contributed by atoms with van der Waals surface area (Å²) in [6, 6.07) is 8.92. The van der Waals surface area contributed by atoms with Crippen molar-refractivity contribution in [2.24, 2.45) is 0 Å². The molecule has 1 fully saturated rings. The molecule has 2 atom stereocenters. The van der Waals surface area contributed by atoms with Gasteiger partial charge in [0.1, 0.15) is 22.9 Å². The molecule has 2 amide bonds. The van der Waals surface area contributed by atoms with Crippen molar-refractivity contribution >= 4 is 17.5 Å². The van der Waals surface area contributed by atoms with E-state index in [2.05, 4.69) is 5.32 Å². The second kappa shape index (κ2) is 7.13. The molecule has 0 unspecified atom stereocenters. The molecule has 2 aliphatic rings. The number of rotatable bonds is 4. The molecule has 2 aromatic carbocycles. The number of halogens is 2. The lowest BCUT2D eigenvalue weighted by atomic mass is 9.73. The predicted molar refractivity (Wildman–Crippen MR) is 104 cm³/mol. The first kappa shape index (κ1) is 19.4. The maximum Gasteiger partial charge on any atom is 0.260 e. The Morgan fingerprint density at radius 2 is 1.97 bits per heavy atom. The van der Waals surface area contributed by atoms with E-state index in [1.54, 1.807) is 0 Å². The van der Waals surface area contributed by atoms with Gasteiger partial charge in [-0.25, -0.2) is 8.78 Å². The number of likely N-dealkylation sites (tertiary alicyclic amines) is 1. The molecular weight excluding hydrogens is 378 g/mol. The van der Waals surface area contributed by atoms with Crippen LogP contribution in [-0.2, 0) is 10.2 Å². The van der Waals surface area contributed by atoms with Crippen LogP contribution < -0.4 is 10.1 Å². The second-order valence-corrected chi connectivity index (χ2v) is 7.49. The van der Waals surface area contributed by atoms with Gasteiger partial charge in [0, 0.05) is 24.4 Å². The lowest BCUT2D eigenvalue weighted by Gasteiger charge is -2.34. The Morgan fingerprint density at radius 3 is 2.62 bits per heavy atom. The van der Waals surface area contributed by atoms with Crippen molar-refractivity contribution in [3.05, 3.63) is 59.2 Å². The molecule has 7 heteroatoms. The Morgan fingerprint density at radius 1 is 1.28 bits per heavy atom. The van der Waals surface area contributed by atoms with Crippen LogP contribution >= 0.6 is 0 Å². The quantitative estimate of drug-likeness (QED) is 0.848. The Kier molecular flexibility index (Phi) is 4.76.